The van der Waals surface area contributed by atoms with Gasteiger partial charge >= 0.3 is 12.1 Å². The number of carbonyl (C=O) groups is 3. The Labute approximate surface area is 264 Å². The number of ether oxygens (including phenoxy) is 2. The molecule has 0 radical (unpaired) electrons. The van der Waals surface area contributed by atoms with E-state index in [-0.39, 0.29) is 30.9 Å². The van der Waals surface area contributed by atoms with E-state index in [0.29, 0.717) is 11.4 Å². The van der Waals surface area contributed by atoms with Crippen LogP contribution in [0.25, 0.3) is 33.4 Å². The summed E-state index contributed by atoms with van der Waals surface area (Å²) in [5, 5.41) is 10.7. The highest BCUT2D eigenvalue weighted by molar-refractivity contribution is 5.98. The van der Waals surface area contributed by atoms with Crippen molar-refractivity contribution in [3.8, 4) is 22.5 Å². The van der Waals surface area contributed by atoms with Gasteiger partial charge in [-0.2, -0.15) is 5.10 Å². The van der Waals surface area contributed by atoms with Crippen molar-refractivity contribution in [2.75, 3.05) is 18.5 Å². The van der Waals surface area contributed by atoms with Crippen molar-refractivity contribution < 1.29 is 28.2 Å². The molecule has 0 saturated heterocycles. The SMILES string of the molecule is Cc1cccc(-c2nn(CC(=O)Nc3cc(F)cc(C(=O)OCCNC(=O)OC(C)(C)C)c3)cc2-c2ccnc3ccccc23)n1. The van der Waals surface area contributed by atoms with Crippen LogP contribution < -0.4 is 10.6 Å². The highest BCUT2D eigenvalue weighted by Gasteiger charge is 2.19. The Morgan fingerprint density at radius 1 is 0.978 bits per heavy atom. The second-order valence-corrected chi connectivity index (χ2v) is 11.5. The molecule has 2 amide bonds. The third kappa shape index (κ3) is 8.08. The van der Waals surface area contributed by atoms with E-state index in [1.807, 2.05) is 55.5 Å². The van der Waals surface area contributed by atoms with Gasteiger partial charge in [-0.15, -0.1) is 0 Å². The number of pyridine rings is 2. The maximum atomic E-state index is 14.4. The molecule has 0 unspecified atom stereocenters. The third-order valence-electron chi connectivity index (χ3n) is 6.56. The zero-order chi connectivity index (χ0) is 32.8. The number of carbonyl (C=O) groups excluding carboxylic acids is 3. The van der Waals surface area contributed by atoms with Crippen LogP contribution in [0.5, 0.6) is 0 Å². The summed E-state index contributed by atoms with van der Waals surface area (Å²) in [5.74, 6) is -2.06. The molecular formula is C34H33FN6O5. The number of aromatic nitrogens is 4. The van der Waals surface area contributed by atoms with Crippen molar-refractivity contribution in [2.45, 2.75) is 39.8 Å². The Morgan fingerprint density at radius 3 is 2.57 bits per heavy atom. The fourth-order valence-corrected chi connectivity index (χ4v) is 4.72. The molecule has 5 aromatic rings. The number of rotatable bonds is 9. The molecule has 11 nitrogen and oxygen atoms in total. The van der Waals surface area contributed by atoms with Crippen LogP contribution in [0.15, 0.2) is 79.1 Å². The molecule has 0 aliphatic carbocycles. The lowest BCUT2D eigenvalue weighted by Gasteiger charge is -2.19. The maximum absolute atomic E-state index is 14.4. The summed E-state index contributed by atoms with van der Waals surface area (Å²) in [6.45, 7) is 6.70. The van der Waals surface area contributed by atoms with Crippen LogP contribution in [-0.4, -0.2) is 56.5 Å². The summed E-state index contributed by atoms with van der Waals surface area (Å²) in [7, 11) is 0. The Balaban J connectivity index is 1.30. The largest absolute Gasteiger partial charge is 0.460 e. The molecule has 5 rings (SSSR count). The van der Waals surface area contributed by atoms with Crippen LogP contribution in [-0.2, 0) is 20.8 Å². The number of esters is 1. The molecule has 2 N–H and O–H groups in total. The number of benzene rings is 2. The standard InChI is InChI=1S/C34H33FN6O5/c1-21-8-7-11-29(38-21)31-27(25-12-13-36-28-10-6-5-9-26(25)28)19-41(40-31)20-30(42)39-24-17-22(16-23(35)18-24)32(43)45-15-14-37-33(44)46-34(2,3)4/h5-13,16-19H,14-15,20H2,1-4H3,(H,37,44)(H,39,42). The average Bonchev–Trinajstić information content (AvgIpc) is 3.41. The van der Waals surface area contributed by atoms with Crippen molar-refractivity contribution in [1.29, 1.82) is 0 Å². The molecule has 2 aromatic carbocycles. The molecule has 0 atom stereocenters. The minimum Gasteiger partial charge on any atom is -0.460 e. The number of nitrogens with zero attached hydrogens (tertiary/aromatic N) is 4. The molecule has 46 heavy (non-hydrogen) atoms. The summed E-state index contributed by atoms with van der Waals surface area (Å²) in [4.78, 5) is 46.5. The number of nitrogens with one attached hydrogen (secondary N) is 2. The third-order valence-corrected chi connectivity index (χ3v) is 6.56. The normalized spacial score (nSPS) is 11.2. The zero-order valence-electron chi connectivity index (χ0n) is 25.8. The number of aryl methyl sites for hydroxylation is 1. The first-order valence-electron chi connectivity index (χ1n) is 14.6. The Hall–Kier alpha value is -5.65. The minimum absolute atomic E-state index is 0.000760. The lowest BCUT2D eigenvalue weighted by atomic mass is 10.0. The summed E-state index contributed by atoms with van der Waals surface area (Å²) >= 11 is 0. The monoisotopic (exact) mass is 624 g/mol. The van der Waals surface area contributed by atoms with Crippen LogP contribution in [0.4, 0.5) is 14.9 Å². The van der Waals surface area contributed by atoms with E-state index < -0.39 is 29.4 Å². The van der Waals surface area contributed by atoms with E-state index in [9.17, 15) is 18.8 Å². The van der Waals surface area contributed by atoms with Gasteiger partial charge in [0.1, 0.15) is 30.3 Å². The zero-order valence-corrected chi connectivity index (χ0v) is 25.8. The van der Waals surface area contributed by atoms with E-state index in [1.54, 1.807) is 33.2 Å². The van der Waals surface area contributed by atoms with E-state index in [4.69, 9.17) is 14.6 Å². The number of hydrogen-bond acceptors (Lipinski definition) is 8. The van der Waals surface area contributed by atoms with Gasteiger partial charge < -0.3 is 20.1 Å². The van der Waals surface area contributed by atoms with Gasteiger partial charge in [0.2, 0.25) is 5.91 Å². The molecule has 3 heterocycles. The number of alkyl carbamates (subject to hydrolysis) is 1. The number of fused-ring (bicyclic) bond motifs is 1. The quantitative estimate of drug-likeness (QED) is 0.152. The predicted octanol–water partition coefficient (Wildman–Crippen LogP) is 5.93. The van der Waals surface area contributed by atoms with Crippen LogP contribution in [0, 0.1) is 12.7 Å². The fourth-order valence-electron chi connectivity index (χ4n) is 4.72. The van der Waals surface area contributed by atoms with Gasteiger partial charge in [-0.05, 0) is 75.7 Å². The molecule has 0 aliphatic rings. The molecule has 236 valence electrons. The molecule has 0 saturated carbocycles. The molecule has 12 heteroatoms. The van der Waals surface area contributed by atoms with E-state index in [1.165, 1.54) is 10.7 Å². The molecule has 0 fully saturated rings. The number of para-hydroxylation sites is 1. The van der Waals surface area contributed by atoms with Gasteiger partial charge in [-0.1, -0.05) is 24.3 Å². The van der Waals surface area contributed by atoms with Gasteiger partial charge in [0.25, 0.3) is 0 Å². The fraction of sp³-hybridized carbons (Fsp3) is 0.235. The predicted molar refractivity (Wildman–Crippen MR) is 170 cm³/mol. The second kappa shape index (κ2) is 13.6. The van der Waals surface area contributed by atoms with Gasteiger partial charge in [0, 0.05) is 34.7 Å². The van der Waals surface area contributed by atoms with E-state index >= 15 is 0 Å². The van der Waals surface area contributed by atoms with Gasteiger partial charge in [0.15, 0.2) is 0 Å². The van der Waals surface area contributed by atoms with Gasteiger partial charge in [-0.3, -0.25) is 19.4 Å². The topological polar surface area (TPSA) is 137 Å². The van der Waals surface area contributed by atoms with E-state index in [2.05, 4.69) is 20.6 Å². The van der Waals surface area contributed by atoms with Crippen molar-refractivity contribution in [3.63, 3.8) is 0 Å². The Morgan fingerprint density at radius 2 is 1.78 bits per heavy atom. The van der Waals surface area contributed by atoms with Crippen molar-refractivity contribution >= 4 is 34.6 Å². The Bertz CT molecular complexity index is 1910. The van der Waals surface area contributed by atoms with Gasteiger partial charge in [0.05, 0.1) is 23.3 Å². The number of hydrogen-bond donors (Lipinski definition) is 2. The minimum atomic E-state index is -0.822. The van der Waals surface area contributed by atoms with Crippen LogP contribution in [0.3, 0.4) is 0 Å². The lowest BCUT2D eigenvalue weighted by Crippen LogP contribution is -2.34. The summed E-state index contributed by atoms with van der Waals surface area (Å²) in [6.07, 6.45) is 2.83. The van der Waals surface area contributed by atoms with E-state index in [0.717, 1.165) is 39.9 Å². The van der Waals surface area contributed by atoms with Gasteiger partial charge in [-0.25, -0.2) is 14.0 Å². The Kier molecular flexibility index (Phi) is 9.36. The smallest absolute Gasteiger partial charge is 0.407 e. The average molecular weight is 625 g/mol. The van der Waals surface area contributed by atoms with Crippen LogP contribution in [0.1, 0.15) is 36.8 Å². The highest BCUT2D eigenvalue weighted by atomic mass is 19.1. The maximum Gasteiger partial charge on any atom is 0.407 e. The van der Waals surface area contributed by atoms with Crippen LogP contribution in [0.2, 0.25) is 0 Å². The highest BCUT2D eigenvalue weighted by Crippen LogP contribution is 2.34. The molecular weight excluding hydrogens is 591 g/mol. The number of amides is 2. The second-order valence-electron chi connectivity index (χ2n) is 11.5. The number of halogens is 1. The first kappa shape index (κ1) is 31.8. The molecule has 0 aliphatic heterocycles. The van der Waals surface area contributed by atoms with Crippen molar-refractivity contribution in [3.05, 3.63) is 96.2 Å². The van der Waals surface area contributed by atoms with Crippen LogP contribution >= 0.6 is 0 Å². The van der Waals surface area contributed by atoms with Crippen molar-refractivity contribution in [2.24, 2.45) is 0 Å². The summed E-state index contributed by atoms with van der Waals surface area (Å²) in [5.41, 5.74) is 3.80. The summed E-state index contributed by atoms with van der Waals surface area (Å²) in [6, 6.07) is 18.7. The molecule has 0 spiro atoms. The molecule has 0 bridgehead atoms. The first-order chi connectivity index (χ1) is 21.9. The summed E-state index contributed by atoms with van der Waals surface area (Å²) < 4.78 is 26.2. The van der Waals surface area contributed by atoms with Crippen molar-refractivity contribution in [1.82, 2.24) is 25.1 Å². The lowest BCUT2D eigenvalue weighted by molar-refractivity contribution is -0.116. The number of anilines is 1. The first-order valence-corrected chi connectivity index (χ1v) is 14.6. The molecule has 3 aromatic heterocycles.